The van der Waals surface area contributed by atoms with Crippen molar-refractivity contribution in [2.75, 3.05) is 17.7 Å². The van der Waals surface area contributed by atoms with Crippen LogP contribution in [-0.2, 0) is 11.3 Å². The van der Waals surface area contributed by atoms with E-state index in [0.29, 0.717) is 13.0 Å². The smallest absolute Gasteiger partial charge is 0.211 e. The van der Waals surface area contributed by atoms with Gasteiger partial charge in [-0.3, -0.25) is 4.79 Å². The zero-order valence-corrected chi connectivity index (χ0v) is 10.7. The number of anilines is 2. The highest BCUT2D eigenvalue weighted by molar-refractivity contribution is 5.80. The third kappa shape index (κ3) is 3.48. The molecule has 0 atom stereocenters. The van der Waals surface area contributed by atoms with Gasteiger partial charge in [0.2, 0.25) is 6.41 Å². The number of benzene rings is 2. The molecule has 0 aromatic heterocycles. The zero-order chi connectivity index (χ0) is 13.5. The molecule has 19 heavy (non-hydrogen) atoms. The van der Waals surface area contributed by atoms with Crippen molar-refractivity contribution in [1.82, 2.24) is 0 Å². The van der Waals surface area contributed by atoms with Gasteiger partial charge in [-0.25, -0.2) is 0 Å². The quantitative estimate of drug-likeness (QED) is 0.781. The van der Waals surface area contributed by atoms with Crippen LogP contribution in [-0.4, -0.2) is 13.5 Å². The number of hydrogen-bond donors (Lipinski definition) is 2. The fraction of sp³-hybridized carbons (Fsp3) is 0.133. The van der Waals surface area contributed by atoms with E-state index in [1.165, 1.54) is 0 Å². The van der Waals surface area contributed by atoms with E-state index in [1.807, 2.05) is 48.5 Å². The maximum atomic E-state index is 10.5. The second-order valence-electron chi connectivity index (χ2n) is 4.01. The summed E-state index contributed by atoms with van der Waals surface area (Å²) in [6.07, 6.45) is 0.674. The van der Waals surface area contributed by atoms with E-state index in [2.05, 4.69) is 10.6 Å². The molecule has 0 heterocycles. The van der Waals surface area contributed by atoms with Gasteiger partial charge in [-0.2, -0.15) is 0 Å². The Labute approximate surface area is 112 Å². The van der Waals surface area contributed by atoms with Crippen LogP contribution >= 0.6 is 0 Å². The number of rotatable bonds is 6. The molecule has 0 fully saturated rings. The van der Waals surface area contributed by atoms with E-state index in [0.717, 1.165) is 22.7 Å². The van der Waals surface area contributed by atoms with Crippen molar-refractivity contribution in [2.45, 2.75) is 6.54 Å². The van der Waals surface area contributed by atoms with Crippen LogP contribution in [0.5, 0.6) is 5.75 Å². The normalized spacial score (nSPS) is 9.74. The van der Waals surface area contributed by atoms with Gasteiger partial charge in [0.05, 0.1) is 18.5 Å². The van der Waals surface area contributed by atoms with E-state index in [-0.39, 0.29) is 0 Å². The summed E-state index contributed by atoms with van der Waals surface area (Å²) in [4.78, 5) is 10.5. The van der Waals surface area contributed by atoms with Gasteiger partial charge < -0.3 is 15.4 Å². The molecular weight excluding hydrogens is 240 g/mol. The molecule has 2 rings (SSSR count). The predicted molar refractivity (Wildman–Crippen MR) is 76.4 cm³/mol. The number of carbonyl (C=O) groups excluding carboxylic acids is 1. The number of carbonyl (C=O) groups is 1. The molecule has 0 bridgehead atoms. The maximum absolute atomic E-state index is 10.5. The Kier molecular flexibility index (Phi) is 4.39. The lowest BCUT2D eigenvalue weighted by atomic mass is 10.2. The number of nitrogens with one attached hydrogen (secondary N) is 2. The number of para-hydroxylation sites is 2. The van der Waals surface area contributed by atoms with Crippen LogP contribution in [0.3, 0.4) is 0 Å². The predicted octanol–water partition coefficient (Wildman–Crippen LogP) is 2.88. The molecule has 0 spiro atoms. The summed E-state index contributed by atoms with van der Waals surface area (Å²) >= 11 is 0. The second-order valence-corrected chi connectivity index (χ2v) is 4.01. The fourth-order valence-electron chi connectivity index (χ4n) is 1.77. The zero-order valence-electron chi connectivity index (χ0n) is 10.7. The van der Waals surface area contributed by atoms with Crippen molar-refractivity contribution < 1.29 is 9.53 Å². The average molecular weight is 256 g/mol. The van der Waals surface area contributed by atoms with E-state index in [1.54, 1.807) is 7.11 Å². The van der Waals surface area contributed by atoms with E-state index in [9.17, 15) is 4.79 Å². The van der Waals surface area contributed by atoms with Crippen molar-refractivity contribution in [2.24, 2.45) is 0 Å². The molecular formula is C15H16N2O2. The topological polar surface area (TPSA) is 50.4 Å². The lowest BCUT2D eigenvalue weighted by Crippen LogP contribution is -2.03. The highest BCUT2D eigenvalue weighted by Crippen LogP contribution is 2.21. The summed E-state index contributed by atoms with van der Waals surface area (Å²) in [6, 6.07) is 15.4. The first-order chi connectivity index (χ1) is 9.33. The molecule has 98 valence electrons. The second kappa shape index (κ2) is 6.44. The Bertz CT molecular complexity index is 538. The van der Waals surface area contributed by atoms with Crippen molar-refractivity contribution >= 4 is 17.8 Å². The van der Waals surface area contributed by atoms with Crippen LogP contribution in [0.15, 0.2) is 48.5 Å². The molecule has 2 aromatic rings. The van der Waals surface area contributed by atoms with Gasteiger partial charge >= 0.3 is 0 Å². The lowest BCUT2D eigenvalue weighted by Gasteiger charge is -2.11. The van der Waals surface area contributed by atoms with Crippen LogP contribution in [0.2, 0.25) is 0 Å². The molecule has 0 aliphatic carbocycles. The molecule has 4 nitrogen and oxygen atoms in total. The summed E-state index contributed by atoms with van der Waals surface area (Å²) < 4.78 is 5.11. The van der Waals surface area contributed by atoms with E-state index >= 15 is 0 Å². The van der Waals surface area contributed by atoms with Gasteiger partial charge in [-0.1, -0.05) is 24.3 Å². The monoisotopic (exact) mass is 256 g/mol. The molecule has 0 radical (unpaired) electrons. The van der Waals surface area contributed by atoms with Gasteiger partial charge in [0.15, 0.2) is 0 Å². The van der Waals surface area contributed by atoms with Crippen molar-refractivity contribution in [3.05, 3.63) is 54.1 Å². The lowest BCUT2D eigenvalue weighted by molar-refractivity contribution is -0.105. The molecule has 1 amide bonds. The van der Waals surface area contributed by atoms with Crippen LogP contribution < -0.4 is 15.4 Å². The minimum atomic E-state index is 0.674. The number of ether oxygens (including phenoxy) is 1. The summed E-state index contributed by atoms with van der Waals surface area (Å²) in [5.74, 6) is 0.840. The Morgan fingerprint density at radius 3 is 2.37 bits per heavy atom. The Balaban J connectivity index is 2.03. The number of methoxy groups -OCH3 is 1. The van der Waals surface area contributed by atoms with E-state index in [4.69, 9.17) is 4.74 Å². The summed E-state index contributed by atoms with van der Waals surface area (Å²) in [6.45, 7) is 0.682. The molecule has 0 unspecified atom stereocenters. The first kappa shape index (κ1) is 13.0. The number of hydrogen-bond acceptors (Lipinski definition) is 3. The molecule has 0 saturated carbocycles. The largest absolute Gasteiger partial charge is 0.497 e. The number of amides is 1. The minimum absolute atomic E-state index is 0.674. The highest BCUT2D eigenvalue weighted by atomic mass is 16.5. The van der Waals surface area contributed by atoms with Gasteiger partial charge in [0.25, 0.3) is 0 Å². The third-order valence-electron chi connectivity index (χ3n) is 2.78. The Hall–Kier alpha value is -2.49. The average Bonchev–Trinajstić information content (AvgIpc) is 2.47. The Morgan fingerprint density at radius 1 is 1.05 bits per heavy atom. The van der Waals surface area contributed by atoms with Crippen LogP contribution in [0.25, 0.3) is 0 Å². The summed E-state index contributed by atoms with van der Waals surface area (Å²) in [7, 11) is 1.65. The Morgan fingerprint density at radius 2 is 1.74 bits per heavy atom. The molecule has 2 aromatic carbocycles. The van der Waals surface area contributed by atoms with Crippen LogP contribution in [0.4, 0.5) is 11.4 Å². The summed E-state index contributed by atoms with van der Waals surface area (Å²) in [5.41, 5.74) is 2.80. The maximum Gasteiger partial charge on any atom is 0.211 e. The molecule has 0 aliphatic rings. The van der Waals surface area contributed by atoms with Gasteiger partial charge in [0.1, 0.15) is 5.75 Å². The highest BCUT2D eigenvalue weighted by Gasteiger charge is 2.00. The standard InChI is InChI=1S/C15H16N2O2/c1-19-13-8-6-12(7-9-13)10-16-14-4-2-3-5-15(14)17-11-18/h2-9,11,16H,10H2,1H3,(H,17,18). The van der Waals surface area contributed by atoms with Crippen LogP contribution in [0.1, 0.15) is 5.56 Å². The van der Waals surface area contributed by atoms with Crippen molar-refractivity contribution in [1.29, 1.82) is 0 Å². The molecule has 0 saturated heterocycles. The van der Waals surface area contributed by atoms with Gasteiger partial charge in [-0.05, 0) is 29.8 Å². The first-order valence-electron chi connectivity index (χ1n) is 5.99. The van der Waals surface area contributed by atoms with Crippen molar-refractivity contribution in [3.63, 3.8) is 0 Å². The summed E-state index contributed by atoms with van der Waals surface area (Å²) in [5, 5.41) is 5.96. The van der Waals surface area contributed by atoms with Crippen LogP contribution in [0, 0.1) is 0 Å². The molecule has 0 aliphatic heterocycles. The SMILES string of the molecule is COc1ccc(CNc2ccccc2NC=O)cc1. The van der Waals surface area contributed by atoms with E-state index < -0.39 is 0 Å². The fourth-order valence-corrected chi connectivity index (χ4v) is 1.77. The third-order valence-corrected chi connectivity index (χ3v) is 2.78. The molecule has 4 heteroatoms. The molecule has 2 N–H and O–H groups in total. The van der Waals surface area contributed by atoms with Crippen molar-refractivity contribution in [3.8, 4) is 5.75 Å². The van der Waals surface area contributed by atoms with Gasteiger partial charge in [-0.15, -0.1) is 0 Å². The minimum Gasteiger partial charge on any atom is -0.497 e. The first-order valence-corrected chi connectivity index (χ1v) is 5.99. The van der Waals surface area contributed by atoms with Gasteiger partial charge in [0, 0.05) is 6.54 Å².